The van der Waals surface area contributed by atoms with Gasteiger partial charge in [0.1, 0.15) is 11.5 Å². The lowest BCUT2D eigenvalue weighted by Crippen LogP contribution is -2.53. The molecule has 44 heavy (non-hydrogen) atoms. The molecule has 0 aromatic heterocycles. The molecule has 0 radical (unpaired) electrons. The number of fused-ring (bicyclic) bond motifs is 1. The quantitative estimate of drug-likeness (QED) is 0.230. The minimum absolute atomic E-state index is 0.0253. The molecule has 0 aliphatic heterocycles. The van der Waals surface area contributed by atoms with Gasteiger partial charge in [0.25, 0.3) is 0 Å². The zero-order valence-corrected chi connectivity index (χ0v) is 26.4. The van der Waals surface area contributed by atoms with Crippen molar-refractivity contribution in [2.45, 2.75) is 58.3 Å². The van der Waals surface area contributed by atoms with E-state index < -0.39 is 53.8 Å². The normalized spacial score (nSPS) is 25.6. The van der Waals surface area contributed by atoms with Crippen molar-refractivity contribution in [3.63, 3.8) is 0 Å². The Bertz CT molecular complexity index is 1840. The molecule has 2 fully saturated rings. The van der Waals surface area contributed by atoms with Crippen LogP contribution in [0.15, 0.2) is 119 Å². The van der Waals surface area contributed by atoms with E-state index in [1.165, 1.54) is 0 Å². The molecule has 0 N–H and O–H groups in total. The molecule has 0 amide bonds. The Morgan fingerprint density at radius 3 is 1.80 bits per heavy atom. The molecule has 2 aliphatic carbocycles. The van der Waals surface area contributed by atoms with Crippen LogP contribution >= 0.6 is 0 Å². The van der Waals surface area contributed by atoms with E-state index in [1.54, 1.807) is 73.8 Å². The predicted octanol–water partition coefficient (Wildman–Crippen LogP) is 6.56. The number of hydrogen-bond acceptors (Lipinski definition) is 6. The molecule has 6 rings (SSSR count). The van der Waals surface area contributed by atoms with Crippen molar-refractivity contribution in [3.8, 4) is 5.75 Å². The number of carbonyl (C=O) groups is 1. The summed E-state index contributed by atoms with van der Waals surface area (Å²) in [6.45, 7) is 1.90. The van der Waals surface area contributed by atoms with Crippen molar-refractivity contribution in [2.75, 3.05) is 7.11 Å². The molecule has 0 heterocycles. The van der Waals surface area contributed by atoms with Crippen molar-refractivity contribution in [2.24, 2.45) is 11.8 Å². The average Bonchev–Trinajstić information content (AvgIpc) is 3.05. The highest BCUT2D eigenvalue weighted by Gasteiger charge is 2.56. The summed E-state index contributed by atoms with van der Waals surface area (Å²) >= 11 is 0. The van der Waals surface area contributed by atoms with E-state index in [4.69, 9.17) is 4.74 Å². The van der Waals surface area contributed by atoms with E-state index >= 15 is 0 Å². The minimum atomic E-state index is -3.92. The van der Waals surface area contributed by atoms with Crippen LogP contribution in [-0.4, -0.2) is 40.2 Å². The zero-order chi connectivity index (χ0) is 31.1. The largest absolute Gasteiger partial charge is 0.497 e. The lowest BCUT2D eigenvalue weighted by Gasteiger charge is -2.48. The molecule has 0 bridgehead atoms. The fourth-order valence-electron chi connectivity index (χ4n) is 7.38. The maximum Gasteiger partial charge on any atom is 0.182 e. The molecule has 4 aromatic carbocycles. The highest BCUT2D eigenvalue weighted by atomic mass is 32.2. The number of hydrogen-bond donors (Lipinski definition) is 0. The highest BCUT2D eigenvalue weighted by Crippen LogP contribution is 2.54. The van der Waals surface area contributed by atoms with Crippen LogP contribution < -0.4 is 4.74 Å². The second-order valence-electron chi connectivity index (χ2n) is 12.0. The molecule has 0 saturated heterocycles. The van der Waals surface area contributed by atoms with Gasteiger partial charge in [0, 0.05) is 24.2 Å². The topological polar surface area (TPSA) is 94.6 Å². The number of rotatable bonds is 7. The predicted molar refractivity (Wildman–Crippen MR) is 170 cm³/mol. The van der Waals surface area contributed by atoms with Gasteiger partial charge in [-0.3, -0.25) is 4.79 Å². The number of sulfone groups is 2. The summed E-state index contributed by atoms with van der Waals surface area (Å²) in [7, 11) is -6.19. The Balaban J connectivity index is 1.49. The summed E-state index contributed by atoms with van der Waals surface area (Å²) in [5, 5.41) is -1.77. The maximum atomic E-state index is 14.6. The summed E-state index contributed by atoms with van der Waals surface area (Å²) in [5.74, 6) is -1.77. The summed E-state index contributed by atoms with van der Waals surface area (Å²) in [5.41, 5.74) is 2.54. The monoisotopic (exact) mass is 628 g/mol. The van der Waals surface area contributed by atoms with E-state index in [-0.39, 0.29) is 34.8 Å². The summed E-state index contributed by atoms with van der Waals surface area (Å²) < 4.78 is 63.0. The SMILES string of the molecule is COc1ccc(C2CC(=O)[C@@H]3CC(S(=O)(=O)c4ccc(C)cc4)C(c4ccccc4)CC3C2S(=O)(=O)c2ccccc2)cc1. The molecule has 0 spiro atoms. The number of Topliss-reactive ketones (excluding diaryl/α,β-unsaturated/α-hetero) is 1. The Kier molecular flexibility index (Phi) is 8.24. The lowest BCUT2D eigenvalue weighted by atomic mass is 9.61. The Morgan fingerprint density at radius 1 is 0.614 bits per heavy atom. The average molecular weight is 629 g/mol. The molecule has 2 saturated carbocycles. The van der Waals surface area contributed by atoms with Crippen molar-refractivity contribution in [1.29, 1.82) is 0 Å². The number of methoxy groups -OCH3 is 1. The number of carbonyl (C=O) groups excluding carboxylic acids is 1. The van der Waals surface area contributed by atoms with Gasteiger partial charge >= 0.3 is 0 Å². The van der Waals surface area contributed by atoms with Crippen LogP contribution in [0.25, 0.3) is 0 Å². The van der Waals surface area contributed by atoms with Gasteiger partial charge in [0.2, 0.25) is 0 Å². The smallest absolute Gasteiger partial charge is 0.182 e. The molecule has 6 atom stereocenters. The molecule has 6 nitrogen and oxygen atoms in total. The summed E-state index contributed by atoms with van der Waals surface area (Å²) in [6, 6.07) is 31.9. The van der Waals surface area contributed by atoms with E-state index in [0.29, 0.717) is 5.75 Å². The van der Waals surface area contributed by atoms with Crippen LogP contribution in [0.1, 0.15) is 47.8 Å². The lowest BCUT2D eigenvalue weighted by molar-refractivity contribution is -0.128. The van der Waals surface area contributed by atoms with Crippen molar-refractivity contribution in [3.05, 3.63) is 126 Å². The van der Waals surface area contributed by atoms with Crippen LogP contribution in [0.2, 0.25) is 0 Å². The van der Waals surface area contributed by atoms with Crippen LogP contribution in [0.3, 0.4) is 0 Å². The van der Waals surface area contributed by atoms with Crippen LogP contribution in [-0.2, 0) is 24.5 Å². The number of ketones is 1. The first-order valence-electron chi connectivity index (χ1n) is 14.9. The Morgan fingerprint density at radius 2 is 1.18 bits per heavy atom. The van der Waals surface area contributed by atoms with Gasteiger partial charge < -0.3 is 4.74 Å². The Labute approximate surface area is 259 Å². The molecule has 4 aromatic rings. The number of ether oxygens (including phenoxy) is 1. The fourth-order valence-corrected chi connectivity index (χ4v) is 11.7. The van der Waals surface area contributed by atoms with Gasteiger partial charge in [0.15, 0.2) is 19.7 Å². The minimum Gasteiger partial charge on any atom is -0.497 e. The number of aryl methyl sites for hydroxylation is 1. The highest BCUT2D eigenvalue weighted by molar-refractivity contribution is 7.92. The van der Waals surface area contributed by atoms with E-state index in [1.807, 2.05) is 49.4 Å². The molecule has 228 valence electrons. The number of benzene rings is 4. The fraction of sp³-hybridized carbons (Fsp3) is 0.306. The van der Waals surface area contributed by atoms with Gasteiger partial charge in [-0.2, -0.15) is 0 Å². The first-order chi connectivity index (χ1) is 21.1. The third kappa shape index (κ3) is 5.50. The second kappa shape index (κ2) is 12.0. The van der Waals surface area contributed by atoms with E-state index in [2.05, 4.69) is 0 Å². The van der Waals surface area contributed by atoms with Crippen molar-refractivity contribution >= 4 is 25.5 Å². The second-order valence-corrected chi connectivity index (χ2v) is 16.3. The first kappa shape index (κ1) is 30.3. The van der Waals surface area contributed by atoms with Crippen molar-refractivity contribution < 1.29 is 26.4 Å². The Hall–Kier alpha value is -3.75. The zero-order valence-electron chi connectivity index (χ0n) is 24.7. The standard InChI is InChI=1S/C36H36O6S2/c1-24-13-19-29(20-14-24)43(38,39)35-23-32-33(21-30(35)25-9-5-3-6-10-25)36(44(40,41)28-11-7-4-8-12-28)31(22-34(32)37)26-15-17-27(42-2)18-16-26/h3-20,30-33,35-36H,21-23H2,1-2H3/t30?,31?,32-,33?,35?,36?/m1/s1. The maximum absolute atomic E-state index is 14.6. The van der Waals surface area contributed by atoms with Gasteiger partial charge in [-0.25, -0.2) is 16.8 Å². The first-order valence-corrected chi connectivity index (χ1v) is 18.0. The van der Waals surface area contributed by atoms with Gasteiger partial charge in [0.05, 0.1) is 27.4 Å². The van der Waals surface area contributed by atoms with Crippen LogP contribution in [0.5, 0.6) is 5.75 Å². The van der Waals surface area contributed by atoms with Crippen LogP contribution in [0.4, 0.5) is 0 Å². The summed E-state index contributed by atoms with van der Waals surface area (Å²) in [4.78, 5) is 14.5. The van der Waals surface area contributed by atoms with E-state index in [0.717, 1.165) is 16.7 Å². The molecule has 5 unspecified atom stereocenters. The van der Waals surface area contributed by atoms with E-state index in [9.17, 15) is 21.6 Å². The molecular formula is C36H36O6S2. The van der Waals surface area contributed by atoms with Gasteiger partial charge in [-0.15, -0.1) is 0 Å². The molecule has 2 aliphatic rings. The summed E-state index contributed by atoms with van der Waals surface area (Å²) in [6.07, 6.45) is 0.368. The third-order valence-electron chi connectivity index (χ3n) is 9.58. The van der Waals surface area contributed by atoms with Crippen LogP contribution in [0, 0.1) is 18.8 Å². The molecule has 8 heteroatoms. The van der Waals surface area contributed by atoms with Gasteiger partial charge in [-0.1, -0.05) is 78.4 Å². The van der Waals surface area contributed by atoms with Crippen molar-refractivity contribution in [1.82, 2.24) is 0 Å². The molecular weight excluding hydrogens is 593 g/mol. The third-order valence-corrected chi connectivity index (χ3v) is 14.2. The van der Waals surface area contributed by atoms with Gasteiger partial charge in [-0.05, 0) is 73.2 Å².